The number of hydrogen-bond donors (Lipinski definition) is 1. The molecule has 0 unspecified atom stereocenters. The van der Waals surface area contributed by atoms with Crippen LogP contribution in [-0.2, 0) is 4.79 Å². The van der Waals surface area contributed by atoms with Crippen LogP contribution < -0.4 is 14.8 Å². The summed E-state index contributed by atoms with van der Waals surface area (Å²) in [6.45, 7) is 10.9. The first-order valence-electron chi connectivity index (χ1n) is 10.7. The molecule has 0 spiro atoms. The lowest BCUT2D eigenvalue weighted by molar-refractivity contribution is -0.118. The van der Waals surface area contributed by atoms with Crippen LogP contribution in [-0.4, -0.2) is 67.1 Å². The van der Waals surface area contributed by atoms with Gasteiger partial charge in [0.25, 0.3) is 5.91 Å². The average Bonchev–Trinajstić information content (AvgIpc) is 2.80. The van der Waals surface area contributed by atoms with E-state index in [2.05, 4.69) is 38.0 Å². The number of halogens is 1. The van der Waals surface area contributed by atoms with Crippen LogP contribution in [0.1, 0.15) is 23.6 Å². The van der Waals surface area contributed by atoms with Crippen molar-refractivity contribution in [3.63, 3.8) is 0 Å². The summed E-state index contributed by atoms with van der Waals surface area (Å²) in [4.78, 5) is 17.9. The number of carbonyl (C=O) groups excluding carboxylic acids is 1. The highest BCUT2D eigenvalue weighted by molar-refractivity contribution is 9.10. The van der Waals surface area contributed by atoms with Crippen LogP contribution in [0.15, 0.2) is 34.8 Å². The number of nitrogens with zero attached hydrogens (tertiary/aromatic N) is 2. The topological polar surface area (TPSA) is 54.0 Å². The predicted molar refractivity (Wildman–Crippen MR) is 136 cm³/mol. The molecule has 0 atom stereocenters. The summed E-state index contributed by atoms with van der Waals surface area (Å²) in [5.74, 6) is 0.774. The molecule has 0 aliphatic carbocycles. The highest BCUT2D eigenvalue weighted by Crippen LogP contribution is 2.37. The number of methoxy groups -OCH3 is 1. The van der Waals surface area contributed by atoms with Gasteiger partial charge in [0.2, 0.25) is 0 Å². The van der Waals surface area contributed by atoms with E-state index in [9.17, 15) is 4.79 Å². The molecule has 2 aromatic carbocycles. The molecule has 1 aliphatic rings. The van der Waals surface area contributed by atoms with Crippen molar-refractivity contribution >= 4 is 44.7 Å². The molecule has 6 nitrogen and oxygen atoms in total. The average molecular weight is 520 g/mol. The van der Waals surface area contributed by atoms with Gasteiger partial charge >= 0.3 is 0 Å². The normalized spacial score (nSPS) is 14.2. The van der Waals surface area contributed by atoms with E-state index in [1.165, 1.54) is 0 Å². The third-order valence-electron chi connectivity index (χ3n) is 5.81. The monoisotopic (exact) mass is 519 g/mol. The summed E-state index contributed by atoms with van der Waals surface area (Å²) in [6.07, 6.45) is 0. The van der Waals surface area contributed by atoms with E-state index >= 15 is 0 Å². The van der Waals surface area contributed by atoms with Crippen molar-refractivity contribution in [2.24, 2.45) is 0 Å². The minimum absolute atomic E-state index is 0.134. The minimum Gasteiger partial charge on any atom is -0.493 e. The van der Waals surface area contributed by atoms with Gasteiger partial charge in [-0.3, -0.25) is 4.79 Å². The fourth-order valence-corrected chi connectivity index (χ4v) is 4.50. The van der Waals surface area contributed by atoms with Crippen LogP contribution in [0.5, 0.6) is 11.5 Å². The molecule has 0 radical (unpaired) electrons. The second-order valence-electron chi connectivity index (χ2n) is 7.80. The van der Waals surface area contributed by atoms with Crippen molar-refractivity contribution in [2.45, 2.75) is 20.8 Å². The highest BCUT2D eigenvalue weighted by atomic mass is 79.9. The molecule has 2 aromatic rings. The second kappa shape index (κ2) is 11.1. The van der Waals surface area contributed by atoms with Gasteiger partial charge in [0, 0.05) is 37.4 Å². The zero-order chi connectivity index (χ0) is 23.3. The Labute approximate surface area is 204 Å². The zero-order valence-corrected chi connectivity index (χ0v) is 21.4. The summed E-state index contributed by atoms with van der Waals surface area (Å²) in [6, 6.07) is 9.61. The van der Waals surface area contributed by atoms with Gasteiger partial charge in [-0.1, -0.05) is 31.3 Å². The summed E-state index contributed by atoms with van der Waals surface area (Å²) in [7, 11) is 1.58. The van der Waals surface area contributed by atoms with Crippen LogP contribution in [0.25, 0.3) is 0 Å². The number of likely N-dealkylation sites (N-methyl/N-ethyl adjacent to an activating group) is 1. The standard InChI is InChI=1S/C24H30BrN3O3S/c1-5-27-9-11-28(12-10-27)24(32)18-13-19(25)23(21(14-18)30-4)31-15-22(29)26-20-8-6-7-16(2)17(20)3/h6-8,13-14H,5,9-12,15H2,1-4H3,(H,26,29). The van der Waals surface area contributed by atoms with Gasteiger partial charge < -0.3 is 24.6 Å². The molecule has 1 amide bonds. The van der Waals surface area contributed by atoms with Gasteiger partial charge in [-0.2, -0.15) is 0 Å². The van der Waals surface area contributed by atoms with Crippen molar-refractivity contribution in [1.82, 2.24) is 9.80 Å². The number of thiocarbonyl (C=S) groups is 1. The van der Waals surface area contributed by atoms with Gasteiger partial charge in [-0.15, -0.1) is 0 Å². The Bertz CT molecular complexity index is 991. The number of ether oxygens (including phenoxy) is 2. The molecule has 1 aliphatic heterocycles. The molecular formula is C24H30BrN3O3S. The van der Waals surface area contributed by atoms with E-state index in [0.717, 1.165) is 60.1 Å². The Kier molecular flexibility index (Phi) is 8.51. The molecule has 172 valence electrons. The lowest BCUT2D eigenvalue weighted by atomic mass is 10.1. The maximum Gasteiger partial charge on any atom is 0.262 e. The fourth-order valence-electron chi connectivity index (χ4n) is 3.64. The zero-order valence-electron chi connectivity index (χ0n) is 19.0. The highest BCUT2D eigenvalue weighted by Gasteiger charge is 2.21. The Hall–Kier alpha value is -2.16. The van der Waals surface area contributed by atoms with E-state index in [4.69, 9.17) is 21.7 Å². The number of amides is 1. The third kappa shape index (κ3) is 5.79. The van der Waals surface area contributed by atoms with Crippen molar-refractivity contribution in [3.8, 4) is 11.5 Å². The molecule has 1 heterocycles. The first-order valence-corrected chi connectivity index (χ1v) is 11.9. The molecule has 3 rings (SSSR count). The molecule has 0 aromatic heterocycles. The fraction of sp³-hybridized carbons (Fsp3) is 0.417. The molecule has 0 saturated carbocycles. The Morgan fingerprint density at radius 2 is 1.91 bits per heavy atom. The third-order valence-corrected chi connectivity index (χ3v) is 6.89. The SMILES string of the molecule is CCN1CCN(C(=S)c2cc(Br)c(OCC(=O)Nc3cccc(C)c3C)c(OC)c2)CC1. The molecule has 32 heavy (non-hydrogen) atoms. The van der Waals surface area contributed by atoms with Crippen LogP contribution in [0.3, 0.4) is 0 Å². The number of rotatable bonds is 7. The van der Waals surface area contributed by atoms with Gasteiger partial charge in [0.05, 0.1) is 11.6 Å². The number of carbonyl (C=O) groups is 1. The number of piperazine rings is 1. The molecule has 0 bridgehead atoms. The lowest BCUT2D eigenvalue weighted by Gasteiger charge is -2.35. The van der Waals surface area contributed by atoms with E-state index in [1.54, 1.807) is 7.11 Å². The van der Waals surface area contributed by atoms with Gasteiger partial charge in [-0.05, 0) is 65.6 Å². The number of nitrogens with one attached hydrogen (secondary N) is 1. The maximum absolute atomic E-state index is 12.5. The van der Waals surface area contributed by atoms with Gasteiger partial charge in [-0.25, -0.2) is 0 Å². The number of aryl methyl sites for hydroxylation is 1. The molecular weight excluding hydrogens is 490 g/mol. The largest absolute Gasteiger partial charge is 0.493 e. The molecule has 1 saturated heterocycles. The predicted octanol–water partition coefficient (Wildman–Crippen LogP) is 4.41. The Morgan fingerprint density at radius 1 is 1.19 bits per heavy atom. The smallest absolute Gasteiger partial charge is 0.262 e. The lowest BCUT2D eigenvalue weighted by Crippen LogP contribution is -2.48. The Balaban J connectivity index is 1.68. The summed E-state index contributed by atoms with van der Waals surface area (Å²) < 4.78 is 12.1. The minimum atomic E-state index is -0.235. The van der Waals surface area contributed by atoms with Crippen LogP contribution in [0.4, 0.5) is 5.69 Å². The molecule has 1 fully saturated rings. The van der Waals surface area contributed by atoms with E-state index < -0.39 is 0 Å². The second-order valence-corrected chi connectivity index (χ2v) is 9.04. The first-order chi connectivity index (χ1) is 15.3. The van der Waals surface area contributed by atoms with Crippen molar-refractivity contribution in [1.29, 1.82) is 0 Å². The van der Waals surface area contributed by atoms with E-state index in [-0.39, 0.29) is 12.5 Å². The maximum atomic E-state index is 12.5. The van der Waals surface area contributed by atoms with Crippen LogP contribution in [0.2, 0.25) is 0 Å². The summed E-state index contributed by atoms with van der Waals surface area (Å²) in [5.41, 5.74) is 3.84. The van der Waals surface area contributed by atoms with Crippen LogP contribution in [0, 0.1) is 13.8 Å². The van der Waals surface area contributed by atoms with E-state index in [0.29, 0.717) is 16.0 Å². The van der Waals surface area contributed by atoms with Crippen molar-refractivity contribution < 1.29 is 14.3 Å². The molecule has 8 heteroatoms. The molecule has 1 N–H and O–H groups in total. The van der Waals surface area contributed by atoms with E-state index in [1.807, 2.05) is 44.2 Å². The summed E-state index contributed by atoms with van der Waals surface area (Å²) >= 11 is 9.32. The van der Waals surface area contributed by atoms with Crippen molar-refractivity contribution in [2.75, 3.05) is 51.8 Å². The van der Waals surface area contributed by atoms with Gasteiger partial charge in [0.1, 0.15) is 4.99 Å². The van der Waals surface area contributed by atoms with Crippen LogP contribution >= 0.6 is 28.1 Å². The first kappa shape index (κ1) is 24.5. The van der Waals surface area contributed by atoms with Crippen molar-refractivity contribution in [3.05, 3.63) is 51.5 Å². The van der Waals surface area contributed by atoms with Gasteiger partial charge in [0.15, 0.2) is 18.1 Å². The Morgan fingerprint density at radius 3 is 2.56 bits per heavy atom. The summed E-state index contributed by atoms with van der Waals surface area (Å²) in [5, 5.41) is 2.91. The number of benzene rings is 2. The number of anilines is 1. The number of hydrogen-bond acceptors (Lipinski definition) is 5. The quantitative estimate of drug-likeness (QED) is 0.547.